The molecule has 0 aromatic carbocycles. The fourth-order valence-corrected chi connectivity index (χ4v) is 4.91. The van der Waals surface area contributed by atoms with Gasteiger partial charge in [-0.25, -0.2) is 29.3 Å². The molecule has 1 aliphatic rings. The predicted octanol–water partition coefficient (Wildman–Crippen LogP) is 5.57. The molecule has 1 fully saturated rings. The molecule has 39 heavy (non-hydrogen) atoms. The molecule has 0 atom stereocenters. The first-order valence-corrected chi connectivity index (χ1v) is 12.6. The number of pyridine rings is 1. The first-order chi connectivity index (χ1) is 18.7. The zero-order valence-corrected chi connectivity index (χ0v) is 21.3. The Hall–Kier alpha value is -4.20. The molecule has 0 radical (unpaired) electrons. The maximum atomic E-state index is 14.9. The van der Waals surface area contributed by atoms with Crippen LogP contribution in [0.5, 0.6) is 11.8 Å². The van der Waals surface area contributed by atoms with Crippen molar-refractivity contribution in [2.75, 3.05) is 7.11 Å². The summed E-state index contributed by atoms with van der Waals surface area (Å²) in [6, 6.07) is 2.97. The van der Waals surface area contributed by atoms with Crippen LogP contribution in [-0.2, 0) is 19.8 Å². The number of rotatable bonds is 7. The fourth-order valence-electron chi connectivity index (χ4n) is 4.16. The number of hydrogen-bond acceptors (Lipinski definition) is 9. The molecule has 200 valence electrons. The van der Waals surface area contributed by atoms with Crippen molar-refractivity contribution in [3.63, 3.8) is 0 Å². The Morgan fingerprint density at radius 2 is 1.92 bits per heavy atom. The summed E-state index contributed by atoms with van der Waals surface area (Å²) in [7, 11) is 2.86. The number of aryl methyl sites for hydroxylation is 1. The molecule has 0 amide bonds. The van der Waals surface area contributed by atoms with Crippen molar-refractivity contribution in [3.8, 4) is 34.7 Å². The molecule has 1 saturated carbocycles. The van der Waals surface area contributed by atoms with E-state index < -0.39 is 17.7 Å². The van der Waals surface area contributed by atoms with Gasteiger partial charge in [0.15, 0.2) is 23.2 Å². The lowest BCUT2D eigenvalue weighted by atomic mass is 10.1. The van der Waals surface area contributed by atoms with Crippen LogP contribution in [0, 0.1) is 5.82 Å². The Bertz CT molecular complexity index is 1700. The molecule has 5 aromatic heterocycles. The van der Waals surface area contributed by atoms with Crippen LogP contribution < -0.4 is 9.47 Å². The van der Waals surface area contributed by atoms with Crippen molar-refractivity contribution in [1.29, 1.82) is 0 Å². The summed E-state index contributed by atoms with van der Waals surface area (Å²) in [5.41, 5.74) is 0.342. The van der Waals surface area contributed by atoms with Crippen LogP contribution in [0.15, 0.2) is 36.2 Å². The van der Waals surface area contributed by atoms with Gasteiger partial charge in [0.05, 0.1) is 18.2 Å². The van der Waals surface area contributed by atoms with Crippen LogP contribution >= 0.6 is 11.3 Å². The van der Waals surface area contributed by atoms with Gasteiger partial charge in [0.2, 0.25) is 11.8 Å². The van der Waals surface area contributed by atoms with E-state index in [1.165, 1.54) is 38.0 Å². The van der Waals surface area contributed by atoms with E-state index in [0.29, 0.717) is 33.0 Å². The van der Waals surface area contributed by atoms with Gasteiger partial charge in [-0.3, -0.25) is 0 Å². The maximum absolute atomic E-state index is 14.9. The first-order valence-electron chi connectivity index (χ1n) is 11.8. The second kappa shape index (κ2) is 9.52. The molecule has 0 bridgehead atoms. The summed E-state index contributed by atoms with van der Waals surface area (Å²) in [5, 5.41) is 2.53. The quantitative estimate of drug-likeness (QED) is 0.240. The molecule has 5 aromatic rings. The van der Waals surface area contributed by atoms with Gasteiger partial charge in [-0.1, -0.05) is 0 Å². The molecule has 0 spiro atoms. The molecule has 14 heteroatoms. The third-order valence-corrected chi connectivity index (χ3v) is 6.97. The van der Waals surface area contributed by atoms with Gasteiger partial charge >= 0.3 is 6.18 Å². The van der Waals surface area contributed by atoms with Gasteiger partial charge in [-0.05, 0) is 30.4 Å². The van der Waals surface area contributed by atoms with E-state index in [-0.39, 0.29) is 29.9 Å². The zero-order chi connectivity index (χ0) is 27.3. The monoisotopic (exact) mass is 557 g/mol. The molecule has 0 unspecified atom stereocenters. The molecular formula is C25H19F4N7O2S. The Morgan fingerprint density at radius 1 is 1.10 bits per heavy atom. The van der Waals surface area contributed by atoms with Crippen LogP contribution in [0.25, 0.3) is 33.1 Å². The first kappa shape index (κ1) is 25.1. The lowest BCUT2D eigenvalue weighted by Gasteiger charge is -2.13. The number of alkyl halides is 3. The van der Waals surface area contributed by atoms with Crippen LogP contribution in [0.2, 0.25) is 0 Å². The van der Waals surface area contributed by atoms with Crippen LogP contribution in [0.1, 0.15) is 35.7 Å². The van der Waals surface area contributed by atoms with E-state index in [1.54, 1.807) is 0 Å². The highest BCUT2D eigenvalue weighted by molar-refractivity contribution is 7.16. The third kappa shape index (κ3) is 4.75. The van der Waals surface area contributed by atoms with Crippen molar-refractivity contribution >= 4 is 21.6 Å². The Kier molecular flexibility index (Phi) is 6.13. The molecule has 1 aliphatic carbocycles. The second-order valence-corrected chi connectivity index (χ2v) is 9.82. The van der Waals surface area contributed by atoms with Gasteiger partial charge in [-0.2, -0.15) is 18.2 Å². The molecule has 9 nitrogen and oxygen atoms in total. The highest BCUT2D eigenvalue weighted by atomic mass is 32.1. The standard InChI is InChI=1S/C25H19F4N7O2S/c1-36-9-16(25(27,28)29)33-21(36)19-15(26)7-12(8-30-19)10-38-22-14-5-6-39-24(14)35-20(34-22)17-18(13-3-4-13)31-11-32-23(17)37-2/h5-9,11,13H,3-4,10H2,1-2H3. The number of imidazole rings is 1. The van der Waals surface area contributed by atoms with E-state index in [9.17, 15) is 17.6 Å². The number of nitrogens with zero attached hydrogens (tertiary/aromatic N) is 7. The number of fused-ring (bicyclic) bond motifs is 1. The summed E-state index contributed by atoms with van der Waals surface area (Å²) in [6.07, 6.45) is 0.917. The predicted molar refractivity (Wildman–Crippen MR) is 133 cm³/mol. The van der Waals surface area contributed by atoms with Crippen LogP contribution in [-0.4, -0.2) is 41.6 Å². The smallest absolute Gasteiger partial charge is 0.434 e. The highest BCUT2D eigenvalue weighted by Gasteiger charge is 2.35. The van der Waals surface area contributed by atoms with Crippen molar-refractivity contribution in [1.82, 2.24) is 34.5 Å². The third-order valence-electron chi connectivity index (χ3n) is 6.16. The van der Waals surface area contributed by atoms with Gasteiger partial charge in [0.25, 0.3) is 0 Å². The van der Waals surface area contributed by atoms with Crippen molar-refractivity contribution in [3.05, 3.63) is 59.0 Å². The number of thiophene rings is 1. The minimum Gasteiger partial charge on any atom is -0.480 e. The summed E-state index contributed by atoms with van der Waals surface area (Å²) in [6.45, 7) is -0.0993. The fraction of sp³-hybridized carbons (Fsp3) is 0.280. The van der Waals surface area contributed by atoms with E-state index in [4.69, 9.17) is 14.5 Å². The zero-order valence-electron chi connectivity index (χ0n) is 20.5. The largest absolute Gasteiger partial charge is 0.480 e. The number of ether oxygens (including phenoxy) is 2. The average Bonchev–Trinajstić information content (AvgIpc) is 3.51. The Morgan fingerprint density at radius 3 is 2.62 bits per heavy atom. The van der Waals surface area contributed by atoms with E-state index in [1.807, 2.05) is 11.4 Å². The number of hydrogen-bond donors (Lipinski definition) is 0. The number of halogens is 4. The molecule has 0 N–H and O–H groups in total. The maximum Gasteiger partial charge on any atom is 0.434 e. The van der Waals surface area contributed by atoms with Crippen molar-refractivity contribution in [2.45, 2.75) is 31.5 Å². The van der Waals surface area contributed by atoms with Gasteiger partial charge in [-0.15, -0.1) is 11.3 Å². The summed E-state index contributed by atoms with van der Waals surface area (Å²) < 4.78 is 66.6. The average molecular weight is 558 g/mol. The van der Waals surface area contributed by atoms with Crippen molar-refractivity contribution in [2.24, 2.45) is 7.05 Å². The summed E-state index contributed by atoms with van der Waals surface area (Å²) in [5.74, 6) is 0.198. The minimum atomic E-state index is -4.65. The summed E-state index contributed by atoms with van der Waals surface area (Å²) >= 11 is 1.41. The van der Waals surface area contributed by atoms with E-state index in [0.717, 1.165) is 35.4 Å². The Labute approximate surface area is 222 Å². The molecular weight excluding hydrogens is 538 g/mol. The van der Waals surface area contributed by atoms with Gasteiger partial charge in [0.1, 0.15) is 29.0 Å². The summed E-state index contributed by atoms with van der Waals surface area (Å²) in [4.78, 5) is 26.2. The number of methoxy groups -OCH3 is 1. The van der Waals surface area contributed by atoms with Crippen LogP contribution in [0.3, 0.4) is 0 Å². The topological polar surface area (TPSA) is 101 Å². The SMILES string of the molecule is COc1ncnc(C2CC2)c1-c1nc(OCc2cnc(-c3nc(C(F)(F)F)cn3C)c(F)c2)c2ccsc2n1. The van der Waals surface area contributed by atoms with E-state index in [2.05, 4.69) is 24.9 Å². The molecule has 0 saturated heterocycles. The molecule has 0 aliphatic heterocycles. The molecule has 5 heterocycles. The van der Waals surface area contributed by atoms with Gasteiger partial charge < -0.3 is 14.0 Å². The van der Waals surface area contributed by atoms with E-state index >= 15 is 0 Å². The molecule has 6 rings (SSSR count). The van der Waals surface area contributed by atoms with Gasteiger partial charge in [0, 0.05) is 30.9 Å². The Balaban J connectivity index is 1.31. The lowest BCUT2D eigenvalue weighted by molar-refractivity contribution is -0.140. The minimum absolute atomic E-state index is 0.0993. The second-order valence-electron chi connectivity index (χ2n) is 8.93. The highest BCUT2D eigenvalue weighted by Crippen LogP contribution is 2.45. The number of aromatic nitrogens is 7. The lowest BCUT2D eigenvalue weighted by Crippen LogP contribution is -2.05. The normalized spacial score (nSPS) is 13.7. The van der Waals surface area contributed by atoms with Crippen molar-refractivity contribution < 1.29 is 27.0 Å². The van der Waals surface area contributed by atoms with Crippen LogP contribution in [0.4, 0.5) is 17.6 Å².